The van der Waals surface area contributed by atoms with Crippen LogP contribution in [0.25, 0.3) is 0 Å². The van der Waals surface area contributed by atoms with E-state index in [9.17, 15) is 0 Å². The number of rotatable bonds is 5. The van der Waals surface area contributed by atoms with Crippen LogP contribution in [-0.2, 0) is 0 Å². The molecule has 1 rings (SSSR count). The van der Waals surface area contributed by atoms with Gasteiger partial charge in [0.05, 0.1) is 18.7 Å². The van der Waals surface area contributed by atoms with Crippen molar-refractivity contribution >= 4 is 27.5 Å². The van der Waals surface area contributed by atoms with Crippen LogP contribution in [0.3, 0.4) is 0 Å². The smallest absolute Gasteiger partial charge is 0.141 e. The summed E-state index contributed by atoms with van der Waals surface area (Å²) < 4.78 is 10.5. The highest BCUT2D eigenvalue weighted by Gasteiger charge is 2.02. The molecule has 0 bridgehead atoms. The van der Waals surface area contributed by atoms with Gasteiger partial charge in [0.2, 0.25) is 0 Å². The largest absolute Gasteiger partial charge is 0.497 e. The number of ether oxygens (including phenoxy) is 2. The highest BCUT2D eigenvalue weighted by atomic mass is 79.9. The van der Waals surface area contributed by atoms with Crippen LogP contribution in [0.1, 0.15) is 6.42 Å². The standard InChI is InChI=1S/C10H12BrClO2/c1-13-8-3-4-9(12)10(7-8)14-6-2-5-11/h3-4,7H,2,5-6H2,1H3. The van der Waals surface area contributed by atoms with Gasteiger partial charge < -0.3 is 9.47 Å². The maximum atomic E-state index is 5.94. The van der Waals surface area contributed by atoms with Crippen molar-refractivity contribution in [3.8, 4) is 11.5 Å². The third-order valence-electron chi connectivity index (χ3n) is 1.67. The Morgan fingerprint density at radius 2 is 2.21 bits per heavy atom. The summed E-state index contributed by atoms with van der Waals surface area (Å²) in [6, 6.07) is 5.36. The topological polar surface area (TPSA) is 18.5 Å². The molecule has 0 aliphatic rings. The van der Waals surface area contributed by atoms with Crippen molar-refractivity contribution in [2.24, 2.45) is 0 Å². The number of methoxy groups -OCH3 is 1. The Bertz CT molecular complexity index is 291. The molecule has 0 aliphatic carbocycles. The zero-order chi connectivity index (χ0) is 10.4. The van der Waals surface area contributed by atoms with Crippen LogP contribution in [-0.4, -0.2) is 19.0 Å². The molecule has 1 aromatic rings. The lowest BCUT2D eigenvalue weighted by Crippen LogP contribution is -1.98. The molecule has 78 valence electrons. The normalized spacial score (nSPS) is 9.93. The molecule has 0 aromatic heterocycles. The molecule has 0 saturated heterocycles. The van der Waals surface area contributed by atoms with Crippen LogP contribution >= 0.6 is 27.5 Å². The average Bonchev–Trinajstić information content (AvgIpc) is 2.21. The van der Waals surface area contributed by atoms with Gasteiger partial charge in [0, 0.05) is 11.4 Å². The van der Waals surface area contributed by atoms with Gasteiger partial charge in [0.1, 0.15) is 11.5 Å². The zero-order valence-corrected chi connectivity index (χ0v) is 10.3. The summed E-state index contributed by atoms with van der Waals surface area (Å²) in [6.45, 7) is 0.651. The molecule has 0 saturated carbocycles. The molecule has 0 atom stereocenters. The molecule has 1 aromatic carbocycles. The van der Waals surface area contributed by atoms with E-state index in [-0.39, 0.29) is 0 Å². The quantitative estimate of drug-likeness (QED) is 0.606. The molecule has 0 fully saturated rings. The summed E-state index contributed by atoms with van der Waals surface area (Å²) in [7, 11) is 1.62. The molecule has 0 heterocycles. The Kier molecular flexibility index (Phi) is 5.12. The van der Waals surface area contributed by atoms with E-state index in [1.165, 1.54) is 0 Å². The predicted molar refractivity (Wildman–Crippen MR) is 61.9 cm³/mol. The van der Waals surface area contributed by atoms with E-state index < -0.39 is 0 Å². The Morgan fingerprint density at radius 3 is 2.86 bits per heavy atom. The van der Waals surface area contributed by atoms with Gasteiger partial charge in [-0.15, -0.1) is 0 Å². The van der Waals surface area contributed by atoms with Crippen LogP contribution in [0.5, 0.6) is 11.5 Å². The number of hydrogen-bond donors (Lipinski definition) is 0. The molecular formula is C10H12BrClO2. The molecule has 0 N–H and O–H groups in total. The minimum absolute atomic E-state index is 0.611. The Hall–Kier alpha value is -0.410. The lowest BCUT2D eigenvalue weighted by molar-refractivity contribution is 0.316. The van der Waals surface area contributed by atoms with Crippen molar-refractivity contribution in [2.45, 2.75) is 6.42 Å². The molecule has 0 amide bonds. The van der Waals surface area contributed by atoms with Crippen LogP contribution in [0.2, 0.25) is 5.02 Å². The fourth-order valence-corrected chi connectivity index (χ4v) is 1.36. The molecule has 14 heavy (non-hydrogen) atoms. The first-order valence-corrected chi connectivity index (χ1v) is 5.80. The second-order valence-electron chi connectivity index (χ2n) is 2.69. The van der Waals surface area contributed by atoms with E-state index in [4.69, 9.17) is 21.1 Å². The second kappa shape index (κ2) is 6.14. The Balaban J connectivity index is 2.64. The molecule has 0 aliphatic heterocycles. The van der Waals surface area contributed by atoms with Crippen molar-refractivity contribution in [1.82, 2.24) is 0 Å². The summed E-state index contributed by atoms with van der Waals surface area (Å²) in [5.74, 6) is 1.43. The SMILES string of the molecule is COc1ccc(Cl)c(OCCCBr)c1. The zero-order valence-electron chi connectivity index (χ0n) is 7.93. The van der Waals surface area contributed by atoms with Crippen molar-refractivity contribution in [3.05, 3.63) is 23.2 Å². The predicted octanol–water partition coefficient (Wildman–Crippen LogP) is 3.51. The lowest BCUT2D eigenvalue weighted by Gasteiger charge is -2.08. The number of alkyl halides is 1. The van der Waals surface area contributed by atoms with E-state index in [0.717, 1.165) is 17.5 Å². The van der Waals surface area contributed by atoms with Crippen molar-refractivity contribution < 1.29 is 9.47 Å². The molecule has 0 unspecified atom stereocenters. The minimum Gasteiger partial charge on any atom is -0.497 e. The molecular weight excluding hydrogens is 267 g/mol. The number of benzene rings is 1. The first-order chi connectivity index (χ1) is 6.77. The summed E-state index contributed by atoms with van der Waals surface area (Å²) in [4.78, 5) is 0. The van der Waals surface area contributed by atoms with E-state index in [0.29, 0.717) is 17.4 Å². The summed E-state index contributed by atoms with van der Waals surface area (Å²) in [5.41, 5.74) is 0. The summed E-state index contributed by atoms with van der Waals surface area (Å²) in [5, 5.41) is 1.54. The van der Waals surface area contributed by atoms with E-state index in [2.05, 4.69) is 15.9 Å². The molecule has 4 heteroatoms. The maximum absolute atomic E-state index is 5.94. The Labute approximate surface area is 97.3 Å². The molecule has 0 spiro atoms. The third kappa shape index (κ3) is 3.39. The minimum atomic E-state index is 0.611. The van der Waals surface area contributed by atoms with Crippen LogP contribution < -0.4 is 9.47 Å². The third-order valence-corrected chi connectivity index (χ3v) is 2.55. The summed E-state index contributed by atoms with van der Waals surface area (Å²) in [6.07, 6.45) is 0.952. The fraction of sp³-hybridized carbons (Fsp3) is 0.400. The van der Waals surface area contributed by atoms with E-state index >= 15 is 0 Å². The van der Waals surface area contributed by atoms with Crippen molar-refractivity contribution in [2.75, 3.05) is 19.0 Å². The van der Waals surface area contributed by atoms with Gasteiger partial charge in [-0.2, -0.15) is 0 Å². The first kappa shape index (κ1) is 11.7. The summed E-state index contributed by atoms with van der Waals surface area (Å²) >= 11 is 9.27. The van der Waals surface area contributed by atoms with Crippen LogP contribution in [0.15, 0.2) is 18.2 Å². The Morgan fingerprint density at radius 1 is 1.43 bits per heavy atom. The van der Waals surface area contributed by atoms with Gasteiger partial charge in [0.15, 0.2) is 0 Å². The van der Waals surface area contributed by atoms with Gasteiger partial charge in [-0.3, -0.25) is 0 Å². The van der Waals surface area contributed by atoms with Crippen molar-refractivity contribution in [3.63, 3.8) is 0 Å². The highest BCUT2D eigenvalue weighted by molar-refractivity contribution is 9.09. The van der Waals surface area contributed by atoms with Gasteiger partial charge in [-0.05, 0) is 18.6 Å². The molecule has 2 nitrogen and oxygen atoms in total. The number of halogens is 2. The fourth-order valence-electron chi connectivity index (χ4n) is 0.958. The van der Waals surface area contributed by atoms with Gasteiger partial charge in [0.25, 0.3) is 0 Å². The van der Waals surface area contributed by atoms with E-state index in [1.54, 1.807) is 25.3 Å². The number of hydrogen-bond acceptors (Lipinski definition) is 2. The molecule has 0 radical (unpaired) electrons. The van der Waals surface area contributed by atoms with E-state index in [1.807, 2.05) is 0 Å². The highest BCUT2D eigenvalue weighted by Crippen LogP contribution is 2.28. The van der Waals surface area contributed by atoms with Crippen LogP contribution in [0.4, 0.5) is 0 Å². The lowest BCUT2D eigenvalue weighted by atomic mass is 10.3. The second-order valence-corrected chi connectivity index (χ2v) is 3.89. The van der Waals surface area contributed by atoms with Crippen LogP contribution in [0, 0.1) is 0 Å². The van der Waals surface area contributed by atoms with Gasteiger partial charge in [-0.1, -0.05) is 27.5 Å². The maximum Gasteiger partial charge on any atom is 0.141 e. The average molecular weight is 280 g/mol. The first-order valence-electron chi connectivity index (χ1n) is 4.30. The monoisotopic (exact) mass is 278 g/mol. The van der Waals surface area contributed by atoms with Gasteiger partial charge >= 0.3 is 0 Å². The van der Waals surface area contributed by atoms with Gasteiger partial charge in [-0.25, -0.2) is 0 Å². The van der Waals surface area contributed by atoms with Crippen molar-refractivity contribution in [1.29, 1.82) is 0 Å².